The van der Waals surface area contributed by atoms with Crippen LogP contribution in [0.3, 0.4) is 0 Å². The number of hydrogen-bond acceptors (Lipinski definition) is 4. The SMILES string of the molecule is COc1ccc(CC2COCC(=O)N2)cc1-n1cccn1. The van der Waals surface area contributed by atoms with Crippen molar-refractivity contribution in [1.82, 2.24) is 15.1 Å². The second-order valence-electron chi connectivity index (χ2n) is 4.94. The molecule has 1 aromatic carbocycles. The number of carbonyl (C=O) groups is 1. The molecule has 1 aliphatic rings. The van der Waals surface area contributed by atoms with Crippen molar-refractivity contribution in [3.05, 3.63) is 42.2 Å². The highest BCUT2D eigenvalue weighted by Crippen LogP contribution is 2.24. The van der Waals surface area contributed by atoms with Crippen LogP contribution in [-0.4, -0.2) is 42.1 Å². The average Bonchev–Trinajstić information content (AvgIpc) is 3.01. The lowest BCUT2D eigenvalue weighted by Crippen LogP contribution is -2.46. The summed E-state index contributed by atoms with van der Waals surface area (Å²) in [5, 5.41) is 7.17. The number of ether oxygens (including phenoxy) is 2. The van der Waals surface area contributed by atoms with E-state index in [4.69, 9.17) is 9.47 Å². The van der Waals surface area contributed by atoms with Gasteiger partial charge in [-0.25, -0.2) is 4.68 Å². The first-order valence-corrected chi connectivity index (χ1v) is 6.80. The van der Waals surface area contributed by atoms with E-state index in [2.05, 4.69) is 10.4 Å². The third-order valence-corrected chi connectivity index (χ3v) is 3.39. The first kappa shape index (κ1) is 13.6. The molecule has 0 saturated carbocycles. The quantitative estimate of drug-likeness (QED) is 0.909. The molecule has 1 N–H and O–H groups in total. The van der Waals surface area contributed by atoms with E-state index >= 15 is 0 Å². The Balaban J connectivity index is 1.83. The Hall–Kier alpha value is -2.34. The molecule has 1 fully saturated rings. The van der Waals surface area contributed by atoms with Gasteiger partial charge >= 0.3 is 0 Å². The molecular formula is C15H17N3O3. The van der Waals surface area contributed by atoms with E-state index in [-0.39, 0.29) is 18.6 Å². The fourth-order valence-electron chi connectivity index (χ4n) is 2.45. The van der Waals surface area contributed by atoms with Crippen LogP contribution in [0.25, 0.3) is 5.69 Å². The number of aromatic nitrogens is 2. The van der Waals surface area contributed by atoms with Crippen molar-refractivity contribution in [2.45, 2.75) is 12.5 Å². The maximum absolute atomic E-state index is 11.3. The zero-order chi connectivity index (χ0) is 14.7. The topological polar surface area (TPSA) is 65.4 Å². The van der Waals surface area contributed by atoms with Gasteiger partial charge in [-0.05, 0) is 30.2 Å². The van der Waals surface area contributed by atoms with Crippen LogP contribution in [0.15, 0.2) is 36.7 Å². The molecule has 2 aromatic rings. The molecule has 1 saturated heterocycles. The van der Waals surface area contributed by atoms with Gasteiger partial charge in [0.05, 0.1) is 19.8 Å². The van der Waals surface area contributed by atoms with E-state index in [0.29, 0.717) is 13.0 Å². The lowest BCUT2D eigenvalue weighted by molar-refractivity contribution is -0.131. The molecule has 3 rings (SSSR count). The monoisotopic (exact) mass is 287 g/mol. The molecule has 1 amide bonds. The summed E-state index contributed by atoms with van der Waals surface area (Å²) in [6.07, 6.45) is 4.30. The van der Waals surface area contributed by atoms with E-state index in [0.717, 1.165) is 17.0 Å². The van der Waals surface area contributed by atoms with Crippen molar-refractivity contribution in [2.75, 3.05) is 20.3 Å². The van der Waals surface area contributed by atoms with E-state index in [1.54, 1.807) is 18.0 Å². The maximum Gasteiger partial charge on any atom is 0.246 e. The summed E-state index contributed by atoms with van der Waals surface area (Å²) < 4.78 is 12.4. The van der Waals surface area contributed by atoms with Gasteiger partial charge in [-0.3, -0.25) is 4.79 Å². The van der Waals surface area contributed by atoms with Crippen LogP contribution >= 0.6 is 0 Å². The minimum atomic E-state index is -0.0629. The van der Waals surface area contributed by atoms with E-state index in [9.17, 15) is 4.79 Å². The molecular weight excluding hydrogens is 270 g/mol. The smallest absolute Gasteiger partial charge is 0.246 e. The molecule has 0 radical (unpaired) electrons. The van der Waals surface area contributed by atoms with Gasteiger partial charge in [0.25, 0.3) is 0 Å². The maximum atomic E-state index is 11.3. The van der Waals surface area contributed by atoms with Gasteiger partial charge in [0.1, 0.15) is 18.0 Å². The normalized spacial score (nSPS) is 18.3. The van der Waals surface area contributed by atoms with E-state index in [1.807, 2.05) is 30.5 Å². The summed E-state index contributed by atoms with van der Waals surface area (Å²) in [7, 11) is 1.64. The zero-order valence-corrected chi connectivity index (χ0v) is 11.8. The van der Waals surface area contributed by atoms with Crippen molar-refractivity contribution < 1.29 is 14.3 Å². The van der Waals surface area contributed by atoms with Crippen LogP contribution in [0, 0.1) is 0 Å². The van der Waals surface area contributed by atoms with Crippen LogP contribution in [0.2, 0.25) is 0 Å². The second-order valence-corrected chi connectivity index (χ2v) is 4.94. The van der Waals surface area contributed by atoms with Crippen LogP contribution in [0.4, 0.5) is 0 Å². The average molecular weight is 287 g/mol. The van der Waals surface area contributed by atoms with Gasteiger partial charge < -0.3 is 14.8 Å². The van der Waals surface area contributed by atoms with Crippen molar-refractivity contribution in [3.8, 4) is 11.4 Å². The Bertz CT molecular complexity index is 625. The van der Waals surface area contributed by atoms with Gasteiger partial charge in [-0.2, -0.15) is 5.10 Å². The summed E-state index contributed by atoms with van der Waals surface area (Å²) in [5.74, 6) is 0.693. The first-order chi connectivity index (χ1) is 10.3. The number of hydrogen-bond donors (Lipinski definition) is 1. The molecule has 1 aliphatic heterocycles. The van der Waals surface area contributed by atoms with Crippen LogP contribution in [0.1, 0.15) is 5.56 Å². The predicted octanol–water partition coefficient (Wildman–Crippen LogP) is 0.938. The van der Waals surface area contributed by atoms with Gasteiger partial charge in [0.15, 0.2) is 0 Å². The summed E-state index contributed by atoms with van der Waals surface area (Å²) in [6, 6.07) is 7.79. The Kier molecular flexibility index (Phi) is 3.87. The fourth-order valence-corrected chi connectivity index (χ4v) is 2.45. The van der Waals surface area contributed by atoms with E-state index in [1.165, 1.54) is 0 Å². The number of morpholine rings is 1. The van der Waals surface area contributed by atoms with Crippen molar-refractivity contribution in [3.63, 3.8) is 0 Å². The fraction of sp³-hybridized carbons (Fsp3) is 0.333. The molecule has 0 aliphatic carbocycles. The van der Waals surface area contributed by atoms with Gasteiger partial charge in [-0.15, -0.1) is 0 Å². The summed E-state index contributed by atoms with van der Waals surface area (Å²) in [5.41, 5.74) is 1.97. The van der Waals surface area contributed by atoms with Crippen LogP contribution in [-0.2, 0) is 16.0 Å². The number of amides is 1. The summed E-state index contributed by atoms with van der Waals surface area (Å²) >= 11 is 0. The zero-order valence-electron chi connectivity index (χ0n) is 11.8. The minimum Gasteiger partial charge on any atom is -0.494 e. The highest BCUT2D eigenvalue weighted by Gasteiger charge is 2.19. The Morgan fingerprint density at radius 1 is 1.52 bits per heavy atom. The summed E-state index contributed by atoms with van der Waals surface area (Å²) in [4.78, 5) is 11.3. The molecule has 0 spiro atoms. The number of carbonyl (C=O) groups excluding carboxylic acids is 1. The van der Waals surface area contributed by atoms with E-state index < -0.39 is 0 Å². The van der Waals surface area contributed by atoms with Crippen molar-refractivity contribution in [1.29, 1.82) is 0 Å². The number of methoxy groups -OCH3 is 1. The van der Waals surface area contributed by atoms with Crippen LogP contribution in [0.5, 0.6) is 5.75 Å². The predicted molar refractivity (Wildman–Crippen MR) is 76.6 cm³/mol. The standard InChI is InChI=1S/C15H17N3O3/c1-20-14-4-3-11(7-12-9-21-10-15(19)17-12)8-13(14)18-6-2-5-16-18/h2-6,8,12H,7,9-10H2,1H3,(H,17,19). The van der Waals surface area contributed by atoms with Gasteiger partial charge in [-0.1, -0.05) is 6.07 Å². The van der Waals surface area contributed by atoms with Crippen molar-refractivity contribution >= 4 is 5.91 Å². The van der Waals surface area contributed by atoms with Crippen LogP contribution < -0.4 is 10.1 Å². The molecule has 21 heavy (non-hydrogen) atoms. The molecule has 6 heteroatoms. The number of benzene rings is 1. The third-order valence-electron chi connectivity index (χ3n) is 3.39. The highest BCUT2D eigenvalue weighted by molar-refractivity contribution is 5.78. The molecule has 0 bridgehead atoms. The molecule has 1 aromatic heterocycles. The number of nitrogens with one attached hydrogen (secondary N) is 1. The summed E-state index contributed by atoms with van der Waals surface area (Å²) in [6.45, 7) is 0.687. The van der Waals surface area contributed by atoms with Gasteiger partial charge in [0, 0.05) is 12.4 Å². The third kappa shape index (κ3) is 3.05. The highest BCUT2D eigenvalue weighted by atomic mass is 16.5. The second kappa shape index (κ2) is 5.97. The Morgan fingerprint density at radius 3 is 3.14 bits per heavy atom. The molecule has 2 heterocycles. The lowest BCUT2D eigenvalue weighted by atomic mass is 10.0. The lowest BCUT2D eigenvalue weighted by Gasteiger charge is -2.23. The van der Waals surface area contributed by atoms with Crippen molar-refractivity contribution in [2.24, 2.45) is 0 Å². The molecule has 110 valence electrons. The minimum absolute atomic E-state index is 0.00474. The van der Waals surface area contributed by atoms with Gasteiger partial charge in [0.2, 0.25) is 5.91 Å². The molecule has 1 atom stereocenters. The Morgan fingerprint density at radius 2 is 2.43 bits per heavy atom. The molecule has 6 nitrogen and oxygen atoms in total. The molecule has 1 unspecified atom stereocenters. The largest absolute Gasteiger partial charge is 0.494 e. The number of nitrogens with zero attached hydrogens (tertiary/aromatic N) is 2. The first-order valence-electron chi connectivity index (χ1n) is 6.80. The number of rotatable bonds is 4. The Labute approximate surface area is 122 Å².